The zero-order valence-electron chi connectivity index (χ0n) is 6.70. The van der Waals surface area contributed by atoms with Gasteiger partial charge in [-0.2, -0.15) is 0 Å². The molecule has 11 heavy (non-hydrogen) atoms. The zero-order chi connectivity index (χ0) is 8.43. The van der Waals surface area contributed by atoms with Crippen LogP contribution in [0, 0.1) is 0 Å². The molecule has 2 atom stereocenters. The number of nitrogens with zero attached hydrogens (tertiary/aromatic N) is 1. The van der Waals surface area contributed by atoms with Gasteiger partial charge in [0.15, 0.2) is 0 Å². The highest BCUT2D eigenvalue weighted by Gasteiger charge is 2.28. The molecule has 0 radical (unpaired) electrons. The van der Waals surface area contributed by atoms with E-state index in [9.17, 15) is 4.39 Å². The Hall–Kier alpha value is -0.125. The van der Waals surface area contributed by atoms with E-state index in [1.54, 1.807) is 11.6 Å². The third kappa shape index (κ3) is 2.43. The number of halogens is 1. The molecular formula is C6H14BFN2O. The van der Waals surface area contributed by atoms with Crippen LogP contribution in [0.15, 0.2) is 0 Å². The van der Waals surface area contributed by atoms with Crippen LogP contribution in [0.2, 0.25) is 6.82 Å². The average molecular weight is 160 g/mol. The molecule has 0 unspecified atom stereocenters. The summed E-state index contributed by atoms with van der Waals surface area (Å²) in [5.74, 6) is 0. The second-order valence-electron chi connectivity index (χ2n) is 3.18. The topological polar surface area (TPSA) is 49.5 Å². The molecular weight excluding hydrogens is 146 g/mol. The summed E-state index contributed by atoms with van der Waals surface area (Å²) in [5, 5.41) is 9.12. The number of hydrogen-bond acceptors (Lipinski definition) is 3. The van der Waals surface area contributed by atoms with Crippen molar-refractivity contribution in [3.63, 3.8) is 0 Å². The normalized spacial score (nSPS) is 33.8. The maximum Gasteiger partial charge on any atom is 0.376 e. The van der Waals surface area contributed by atoms with Gasteiger partial charge in [0.1, 0.15) is 6.17 Å². The molecule has 1 saturated heterocycles. The van der Waals surface area contributed by atoms with Crippen LogP contribution in [0.1, 0.15) is 6.42 Å². The molecule has 0 spiro atoms. The molecule has 1 fully saturated rings. The Morgan fingerprint density at radius 2 is 2.27 bits per heavy atom. The highest BCUT2D eigenvalue weighted by atomic mass is 19.1. The Morgan fingerprint density at radius 1 is 1.64 bits per heavy atom. The van der Waals surface area contributed by atoms with Crippen molar-refractivity contribution >= 4 is 7.05 Å². The molecule has 0 aliphatic carbocycles. The maximum atomic E-state index is 12.8. The molecule has 1 heterocycles. The molecule has 0 bridgehead atoms. The minimum atomic E-state index is -0.881. The van der Waals surface area contributed by atoms with Crippen LogP contribution in [-0.2, 0) is 0 Å². The van der Waals surface area contributed by atoms with E-state index in [1.807, 2.05) is 0 Å². The second kappa shape index (κ2) is 3.52. The molecule has 3 N–H and O–H groups in total. The first-order valence-corrected chi connectivity index (χ1v) is 3.91. The van der Waals surface area contributed by atoms with Crippen molar-refractivity contribution in [3.05, 3.63) is 0 Å². The highest BCUT2D eigenvalue weighted by molar-refractivity contribution is 6.45. The van der Waals surface area contributed by atoms with E-state index in [1.165, 1.54) is 0 Å². The second-order valence-corrected chi connectivity index (χ2v) is 3.18. The van der Waals surface area contributed by atoms with E-state index >= 15 is 0 Å². The number of piperidine rings is 1. The lowest BCUT2D eigenvalue weighted by Gasteiger charge is -2.33. The van der Waals surface area contributed by atoms with Crippen LogP contribution in [0.25, 0.3) is 0 Å². The van der Waals surface area contributed by atoms with Crippen molar-refractivity contribution in [2.45, 2.75) is 25.5 Å². The minimum absolute atomic E-state index is 0.131. The van der Waals surface area contributed by atoms with Gasteiger partial charge in [-0.05, 0) is 13.2 Å². The fraction of sp³-hybridized carbons (Fsp3) is 1.00. The van der Waals surface area contributed by atoms with E-state index in [-0.39, 0.29) is 6.04 Å². The van der Waals surface area contributed by atoms with Gasteiger partial charge in [-0.25, -0.2) is 4.39 Å². The minimum Gasteiger partial charge on any atom is -0.437 e. The highest BCUT2D eigenvalue weighted by Crippen LogP contribution is 2.12. The van der Waals surface area contributed by atoms with Crippen LogP contribution >= 0.6 is 0 Å². The maximum absolute atomic E-state index is 12.8. The quantitative estimate of drug-likeness (QED) is 0.507. The first-order valence-electron chi connectivity index (χ1n) is 3.91. The van der Waals surface area contributed by atoms with E-state index in [2.05, 4.69) is 0 Å². The lowest BCUT2D eigenvalue weighted by Crippen LogP contribution is -2.52. The third-order valence-electron chi connectivity index (χ3n) is 1.99. The summed E-state index contributed by atoms with van der Waals surface area (Å²) in [6.07, 6.45) is -0.461. The molecule has 0 aromatic carbocycles. The van der Waals surface area contributed by atoms with E-state index in [0.29, 0.717) is 19.5 Å². The molecule has 0 saturated carbocycles. The van der Waals surface area contributed by atoms with Gasteiger partial charge < -0.3 is 15.6 Å². The van der Waals surface area contributed by atoms with Crippen LogP contribution in [0.4, 0.5) is 4.39 Å². The zero-order valence-corrected chi connectivity index (χ0v) is 6.70. The van der Waals surface area contributed by atoms with Gasteiger partial charge in [0, 0.05) is 19.1 Å². The SMILES string of the molecule is CB(O)N1C[C@H](N)C[C@@H](F)C1. The molecule has 1 aliphatic rings. The van der Waals surface area contributed by atoms with Gasteiger partial charge in [0.2, 0.25) is 0 Å². The van der Waals surface area contributed by atoms with Crippen LogP contribution in [-0.4, -0.2) is 42.2 Å². The Morgan fingerprint density at radius 3 is 2.73 bits per heavy atom. The molecule has 5 heteroatoms. The monoisotopic (exact) mass is 160 g/mol. The standard InChI is InChI=1S/C6H14BFN2O/c1-7(11)10-3-5(8)2-6(9)4-10/h5-6,11H,2-4,9H2,1H3/t5-,6-/m1/s1. The van der Waals surface area contributed by atoms with E-state index < -0.39 is 13.2 Å². The van der Waals surface area contributed by atoms with Gasteiger partial charge in [-0.1, -0.05) is 0 Å². The van der Waals surface area contributed by atoms with E-state index in [4.69, 9.17) is 10.8 Å². The van der Waals surface area contributed by atoms with Crippen LogP contribution in [0.5, 0.6) is 0 Å². The van der Waals surface area contributed by atoms with E-state index in [0.717, 1.165) is 0 Å². The van der Waals surface area contributed by atoms with Crippen molar-refractivity contribution in [2.75, 3.05) is 13.1 Å². The molecule has 0 aromatic heterocycles. The number of hydrogen-bond donors (Lipinski definition) is 2. The van der Waals surface area contributed by atoms with Crippen molar-refractivity contribution < 1.29 is 9.41 Å². The summed E-state index contributed by atoms with van der Waals surface area (Å²) in [5.41, 5.74) is 5.56. The predicted octanol–water partition coefficient (Wildman–Crippen LogP) is -0.532. The van der Waals surface area contributed by atoms with Gasteiger partial charge >= 0.3 is 7.05 Å². The average Bonchev–Trinajstić information content (AvgIpc) is 1.85. The Bertz CT molecular complexity index is 126. The first-order chi connectivity index (χ1) is 5.09. The Labute approximate surface area is 66.5 Å². The number of alkyl halides is 1. The lowest BCUT2D eigenvalue weighted by atomic mass is 9.82. The predicted molar refractivity (Wildman–Crippen MR) is 42.9 cm³/mol. The molecule has 1 rings (SSSR count). The summed E-state index contributed by atoms with van der Waals surface area (Å²) >= 11 is 0. The fourth-order valence-electron chi connectivity index (χ4n) is 1.41. The smallest absolute Gasteiger partial charge is 0.376 e. The Kier molecular flexibility index (Phi) is 2.87. The number of rotatable bonds is 1. The van der Waals surface area contributed by atoms with Crippen molar-refractivity contribution in [1.29, 1.82) is 0 Å². The van der Waals surface area contributed by atoms with Gasteiger partial charge in [0.25, 0.3) is 0 Å². The molecule has 3 nitrogen and oxygen atoms in total. The van der Waals surface area contributed by atoms with Gasteiger partial charge in [-0.15, -0.1) is 0 Å². The summed E-state index contributed by atoms with van der Waals surface area (Å²) in [4.78, 5) is 1.65. The van der Waals surface area contributed by atoms with Crippen LogP contribution in [0.3, 0.4) is 0 Å². The first kappa shape index (κ1) is 8.97. The lowest BCUT2D eigenvalue weighted by molar-refractivity contribution is 0.171. The van der Waals surface area contributed by atoms with Gasteiger partial charge in [-0.3, -0.25) is 0 Å². The molecule has 0 amide bonds. The van der Waals surface area contributed by atoms with Crippen molar-refractivity contribution in [3.8, 4) is 0 Å². The van der Waals surface area contributed by atoms with Crippen LogP contribution < -0.4 is 5.73 Å². The Balaban J connectivity index is 2.43. The fourth-order valence-corrected chi connectivity index (χ4v) is 1.41. The largest absolute Gasteiger partial charge is 0.437 e. The van der Waals surface area contributed by atoms with Crippen molar-refractivity contribution in [2.24, 2.45) is 5.73 Å². The summed E-state index contributed by atoms with van der Waals surface area (Å²) in [6.45, 7) is 2.54. The molecule has 64 valence electrons. The summed E-state index contributed by atoms with van der Waals surface area (Å²) in [7, 11) is -0.584. The molecule has 1 aliphatic heterocycles. The summed E-state index contributed by atoms with van der Waals surface area (Å²) < 4.78 is 12.8. The van der Waals surface area contributed by atoms with Gasteiger partial charge in [0.05, 0.1) is 0 Å². The molecule has 0 aromatic rings. The summed E-state index contributed by atoms with van der Waals surface area (Å²) in [6, 6.07) is -0.131. The number of nitrogens with two attached hydrogens (primary N) is 1. The third-order valence-corrected chi connectivity index (χ3v) is 1.99. The van der Waals surface area contributed by atoms with Crippen molar-refractivity contribution in [1.82, 2.24) is 4.81 Å².